The van der Waals surface area contributed by atoms with Crippen LogP contribution in [0.3, 0.4) is 0 Å². The summed E-state index contributed by atoms with van der Waals surface area (Å²) in [4.78, 5) is 0. The molecule has 0 aliphatic rings. The van der Waals surface area contributed by atoms with Crippen LogP contribution in [0.5, 0.6) is 0 Å². The molecule has 0 aromatic heterocycles. The third-order valence-electron chi connectivity index (χ3n) is 2.23. The van der Waals surface area contributed by atoms with E-state index >= 15 is 0 Å². The van der Waals surface area contributed by atoms with Crippen molar-refractivity contribution in [2.24, 2.45) is 0 Å². The third kappa shape index (κ3) is 4.64. The standard InChI is InChI=1S/C13H16.C2H6/c1-4-5-6-9-13-10-7-8-11(2)12(13)3;1-2/h4-10H,1-3H3;1-2H3/b5-4-,9-6-;. The number of allylic oxidation sites excluding steroid dienone is 3. The van der Waals surface area contributed by atoms with Gasteiger partial charge in [0.25, 0.3) is 0 Å². The summed E-state index contributed by atoms with van der Waals surface area (Å²) in [5.74, 6) is 0. The molecule has 1 rings (SSSR count). The van der Waals surface area contributed by atoms with Crippen LogP contribution in [0.1, 0.15) is 37.5 Å². The van der Waals surface area contributed by atoms with Crippen molar-refractivity contribution in [2.75, 3.05) is 0 Å². The quantitative estimate of drug-likeness (QED) is 0.597. The molecule has 0 saturated carbocycles. The second-order valence-corrected chi connectivity index (χ2v) is 3.17. The summed E-state index contributed by atoms with van der Waals surface area (Å²) in [6.07, 6.45) is 8.29. The van der Waals surface area contributed by atoms with E-state index in [4.69, 9.17) is 0 Å². The molecule has 1 aromatic carbocycles. The molecular weight excluding hydrogens is 180 g/mol. The summed E-state index contributed by atoms with van der Waals surface area (Å²) in [7, 11) is 0. The number of hydrogen-bond acceptors (Lipinski definition) is 0. The summed E-state index contributed by atoms with van der Waals surface area (Å²) in [6.45, 7) is 10.3. The van der Waals surface area contributed by atoms with E-state index in [1.165, 1.54) is 16.7 Å². The zero-order chi connectivity index (χ0) is 11.7. The lowest BCUT2D eigenvalue weighted by atomic mass is 10.0. The molecule has 0 aliphatic carbocycles. The van der Waals surface area contributed by atoms with Crippen LogP contribution in [0.2, 0.25) is 0 Å². The minimum absolute atomic E-state index is 1.30. The molecule has 0 aliphatic heterocycles. The van der Waals surface area contributed by atoms with Gasteiger partial charge in [-0.15, -0.1) is 0 Å². The summed E-state index contributed by atoms with van der Waals surface area (Å²) < 4.78 is 0. The maximum Gasteiger partial charge on any atom is -0.0225 e. The maximum atomic E-state index is 2.16. The highest BCUT2D eigenvalue weighted by molar-refractivity contribution is 5.56. The molecule has 1 aromatic rings. The summed E-state index contributed by atoms with van der Waals surface area (Å²) in [6, 6.07) is 6.38. The van der Waals surface area contributed by atoms with Gasteiger partial charge in [-0.25, -0.2) is 0 Å². The van der Waals surface area contributed by atoms with Crippen LogP contribution < -0.4 is 0 Å². The monoisotopic (exact) mass is 202 g/mol. The molecule has 82 valence electrons. The van der Waals surface area contributed by atoms with E-state index in [1.807, 2.05) is 32.9 Å². The normalized spacial score (nSPS) is 10.5. The largest absolute Gasteiger partial charge is 0.0877 e. The molecule has 0 amide bonds. The van der Waals surface area contributed by atoms with Gasteiger partial charge in [-0.1, -0.05) is 56.4 Å². The molecular formula is C15H22. The Morgan fingerprint density at radius 1 is 1.00 bits per heavy atom. The van der Waals surface area contributed by atoms with E-state index in [2.05, 4.69) is 44.2 Å². The molecule has 0 heteroatoms. The average molecular weight is 202 g/mol. The first kappa shape index (κ1) is 13.7. The van der Waals surface area contributed by atoms with E-state index in [1.54, 1.807) is 0 Å². The van der Waals surface area contributed by atoms with E-state index in [0.29, 0.717) is 0 Å². The zero-order valence-corrected chi connectivity index (χ0v) is 10.5. The topological polar surface area (TPSA) is 0 Å². The summed E-state index contributed by atoms with van der Waals surface area (Å²) in [5, 5.41) is 0. The van der Waals surface area contributed by atoms with Gasteiger partial charge in [-0.2, -0.15) is 0 Å². The Balaban J connectivity index is 0.000000921. The molecule has 0 atom stereocenters. The molecule has 0 saturated heterocycles. The third-order valence-corrected chi connectivity index (χ3v) is 2.23. The van der Waals surface area contributed by atoms with E-state index in [9.17, 15) is 0 Å². The second kappa shape index (κ2) is 8.05. The van der Waals surface area contributed by atoms with Gasteiger partial charge < -0.3 is 0 Å². The van der Waals surface area contributed by atoms with Crippen molar-refractivity contribution < 1.29 is 0 Å². The average Bonchev–Trinajstić information content (AvgIpc) is 2.27. The van der Waals surface area contributed by atoms with Crippen LogP contribution in [0.4, 0.5) is 0 Å². The molecule has 0 spiro atoms. The minimum Gasteiger partial charge on any atom is -0.0877 e. The molecule has 15 heavy (non-hydrogen) atoms. The Labute approximate surface area is 94.3 Å². The van der Waals surface area contributed by atoms with Crippen LogP contribution in [-0.4, -0.2) is 0 Å². The highest BCUT2D eigenvalue weighted by Gasteiger charge is 1.94. The molecule has 0 unspecified atom stereocenters. The van der Waals surface area contributed by atoms with Crippen molar-refractivity contribution in [1.82, 2.24) is 0 Å². The maximum absolute atomic E-state index is 2.16. The van der Waals surface area contributed by atoms with Crippen molar-refractivity contribution in [3.05, 3.63) is 53.1 Å². The van der Waals surface area contributed by atoms with Crippen molar-refractivity contribution in [1.29, 1.82) is 0 Å². The summed E-state index contributed by atoms with van der Waals surface area (Å²) >= 11 is 0. The van der Waals surface area contributed by atoms with Gasteiger partial charge in [-0.3, -0.25) is 0 Å². The SMILES string of the molecule is C/C=C\C=C/c1cccc(C)c1C.CC. The Morgan fingerprint density at radius 3 is 2.27 bits per heavy atom. The molecule has 0 radical (unpaired) electrons. The van der Waals surface area contributed by atoms with Crippen LogP contribution in [0.15, 0.2) is 36.4 Å². The van der Waals surface area contributed by atoms with Crippen molar-refractivity contribution in [3.8, 4) is 0 Å². The van der Waals surface area contributed by atoms with Gasteiger partial charge in [0.05, 0.1) is 0 Å². The predicted molar refractivity (Wildman–Crippen MR) is 71.1 cm³/mol. The lowest BCUT2D eigenvalue weighted by Crippen LogP contribution is -1.83. The lowest BCUT2D eigenvalue weighted by molar-refractivity contribution is 1.33. The van der Waals surface area contributed by atoms with E-state index in [0.717, 1.165) is 0 Å². The van der Waals surface area contributed by atoms with Gasteiger partial charge >= 0.3 is 0 Å². The van der Waals surface area contributed by atoms with Crippen molar-refractivity contribution in [2.45, 2.75) is 34.6 Å². The van der Waals surface area contributed by atoms with Gasteiger partial charge in [0.2, 0.25) is 0 Å². The Hall–Kier alpha value is -1.30. The van der Waals surface area contributed by atoms with Crippen molar-refractivity contribution >= 4 is 6.08 Å². The van der Waals surface area contributed by atoms with Gasteiger partial charge in [0, 0.05) is 0 Å². The van der Waals surface area contributed by atoms with Crippen molar-refractivity contribution in [3.63, 3.8) is 0 Å². The number of hydrogen-bond donors (Lipinski definition) is 0. The fourth-order valence-electron chi connectivity index (χ4n) is 1.22. The lowest BCUT2D eigenvalue weighted by Gasteiger charge is -2.02. The van der Waals surface area contributed by atoms with Crippen LogP contribution in [0.25, 0.3) is 6.08 Å². The molecule has 0 heterocycles. The number of rotatable bonds is 2. The van der Waals surface area contributed by atoms with Crippen LogP contribution in [0, 0.1) is 13.8 Å². The smallest absolute Gasteiger partial charge is 0.0225 e. The van der Waals surface area contributed by atoms with Crippen LogP contribution >= 0.6 is 0 Å². The van der Waals surface area contributed by atoms with E-state index < -0.39 is 0 Å². The Morgan fingerprint density at radius 2 is 1.67 bits per heavy atom. The van der Waals surface area contributed by atoms with Gasteiger partial charge in [0.1, 0.15) is 0 Å². The highest BCUT2D eigenvalue weighted by atomic mass is 14.0. The Bertz CT molecular complexity index is 330. The van der Waals surface area contributed by atoms with Crippen LogP contribution in [-0.2, 0) is 0 Å². The second-order valence-electron chi connectivity index (χ2n) is 3.17. The predicted octanol–water partition coefficient (Wildman–Crippen LogP) is 4.92. The number of benzene rings is 1. The molecule has 0 N–H and O–H groups in total. The van der Waals surface area contributed by atoms with Gasteiger partial charge in [-0.05, 0) is 37.5 Å². The first-order chi connectivity index (χ1) is 7.25. The van der Waals surface area contributed by atoms with E-state index in [-0.39, 0.29) is 0 Å². The highest BCUT2D eigenvalue weighted by Crippen LogP contribution is 2.13. The Kier molecular flexibility index (Phi) is 7.35. The number of aryl methyl sites for hydroxylation is 1. The molecule has 0 fully saturated rings. The fraction of sp³-hybridized carbons (Fsp3) is 0.333. The zero-order valence-electron chi connectivity index (χ0n) is 10.5. The molecule has 0 bridgehead atoms. The summed E-state index contributed by atoms with van der Waals surface area (Å²) in [5.41, 5.74) is 4.02. The minimum atomic E-state index is 1.30. The first-order valence-corrected chi connectivity index (χ1v) is 5.61. The first-order valence-electron chi connectivity index (χ1n) is 5.61. The van der Waals surface area contributed by atoms with Gasteiger partial charge in [0.15, 0.2) is 0 Å². The fourth-order valence-corrected chi connectivity index (χ4v) is 1.22. The molecule has 0 nitrogen and oxygen atoms in total.